The number of nitrogens with two attached hydrogens (primary N) is 1. The number of nitrogens with zero attached hydrogens (tertiary/aromatic N) is 1. The first kappa shape index (κ1) is 23.3. The summed E-state index contributed by atoms with van der Waals surface area (Å²) in [5.74, 6) is 0.962. The second kappa shape index (κ2) is 10.2. The number of rotatable bonds is 6. The topological polar surface area (TPSA) is 64.8 Å². The highest BCUT2D eigenvalue weighted by Gasteiger charge is 2.37. The molecule has 7 heteroatoms. The van der Waals surface area contributed by atoms with E-state index in [0.717, 1.165) is 28.0 Å². The average molecular weight is 439 g/mol. The number of hydrogen-bond acceptors (Lipinski definition) is 4. The molecule has 5 nitrogen and oxygen atoms in total. The number of carbonyl (C=O) groups is 1. The van der Waals surface area contributed by atoms with Crippen molar-refractivity contribution in [2.75, 3.05) is 19.7 Å². The van der Waals surface area contributed by atoms with Crippen LogP contribution in [0.1, 0.15) is 48.1 Å². The van der Waals surface area contributed by atoms with Crippen LogP contribution in [0.25, 0.3) is 0 Å². The Labute approximate surface area is 183 Å². The van der Waals surface area contributed by atoms with Crippen LogP contribution in [0.3, 0.4) is 0 Å². The molecular weight excluding hydrogens is 411 g/mol. The molecule has 0 aliphatic carbocycles. The highest BCUT2D eigenvalue weighted by atomic mass is 35.5. The van der Waals surface area contributed by atoms with Crippen molar-refractivity contribution in [2.45, 2.75) is 39.3 Å². The van der Waals surface area contributed by atoms with Gasteiger partial charge in [0, 0.05) is 41.2 Å². The van der Waals surface area contributed by atoms with Crippen LogP contribution < -0.4 is 10.5 Å². The van der Waals surface area contributed by atoms with E-state index in [4.69, 9.17) is 26.8 Å². The number of carbonyl (C=O) groups excluding carboxylic acids is 1. The monoisotopic (exact) mass is 438 g/mol. The van der Waals surface area contributed by atoms with E-state index in [9.17, 15) is 4.79 Å². The molecule has 1 unspecified atom stereocenters. The fraction of sp³-hybridized carbons (Fsp3) is 0.409. The summed E-state index contributed by atoms with van der Waals surface area (Å²) in [5.41, 5.74) is 10.0. The lowest BCUT2D eigenvalue weighted by atomic mass is 9.85. The molecular formula is C22H28Cl2N2O3. The summed E-state index contributed by atoms with van der Waals surface area (Å²) >= 11 is 6.46. The van der Waals surface area contributed by atoms with Crippen LogP contribution in [-0.2, 0) is 11.3 Å². The molecule has 2 N–H and O–H groups in total. The molecule has 1 fully saturated rings. The van der Waals surface area contributed by atoms with Crippen LogP contribution in [0.15, 0.2) is 36.4 Å². The molecule has 1 saturated heterocycles. The minimum atomic E-state index is -0.301. The van der Waals surface area contributed by atoms with E-state index in [0.29, 0.717) is 24.7 Å². The Hall–Kier alpha value is -1.95. The van der Waals surface area contributed by atoms with E-state index in [2.05, 4.69) is 0 Å². The Morgan fingerprint density at radius 2 is 1.97 bits per heavy atom. The summed E-state index contributed by atoms with van der Waals surface area (Å²) in [4.78, 5) is 14.0. The molecule has 2 aromatic rings. The van der Waals surface area contributed by atoms with Crippen molar-refractivity contribution < 1.29 is 14.3 Å². The number of ether oxygens (including phenoxy) is 2. The van der Waals surface area contributed by atoms with Gasteiger partial charge in [0.1, 0.15) is 12.4 Å². The Bertz CT molecular complexity index is 838. The molecule has 158 valence electrons. The molecule has 1 aliphatic rings. The molecule has 2 aromatic carbocycles. The van der Waals surface area contributed by atoms with Crippen molar-refractivity contribution in [3.8, 4) is 5.75 Å². The smallest absolute Gasteiger partial charge is 0.410 e. The predicted octanol–water partition coefficient (Wildman–Crippen LogP) is 5.22. The lowest BCUT2D eigenvalue weighted by Crippen LogP contribution is -2.49. The van der Waals surface area contributed by atoms with Crippen LogP contribution in [0, 0.1) is 6.92 Å². The van der Waals surface area contributed by atoms with Crippen molar-refractivity contribution in [1.82, 2.24) is 4.90 Å². The summed E-state index contributed by atoms with van der Waals surface area (Å²) in [6.45, 7) is 7.83. The fourth-order valence-corrected chi connectivity index (χ4v) is 3.74. The number of likely N-dealkylation sites (tertiary alicyclic amines) is 1. The van der Waals surface area contributed by atoms with Gasteiger partial charge in [0.2, 0.25) is 0 Å². The Morgan fingerprint density at radius 3 is 2.55 bits per heavy atom. The average Bonchev–Trinajstić information content (AvgIpc) is 2.64. The van der Waals surface area contributed by atoms with Crippen LogP contribution in [0.5, 0.6) is 5.75 Å². The van der Waals surface area contributed by atoms with Crippen molar-refractivity contribution in [2.24, 2.45) is 5.73 Å². The van der Waals surface area contributed by atoms with Crippen molar-refractivity contribution in [1.29, 1.82) is 0 Å². The first-order valence-corrected chi connectivity index (χ1v) is 9.97. The maximum atomic E-state index is 12.3. The summed E-state index contributed by atoms with van der Waals surface area (Å²) in [6.07, 6.45) is -0.301. The minimum absolute atomic E-state index is 0. The van der Waals surface area contributed by atoms with Gasteiger partial charge in [-0.25, -0.2) is 4.79 Å². The number of hydrogen-bond donors (Lipinski definition) is 1. The summed E-state index contributed by atoms with van der Waals surface area (Å²) < 4.78 is 11.4. The summed E-state index contributed by atoms with van der Waals surface area (Å²) in [7, 11) is 0. The quantitative estimate of drug-likeness (QED) is 0.670. The fourth-order valence-electron chi connectivity index (χ4n) is 3.52. The largest absolute Gasteiger partial charge is 0.493 e. The summed E-state index contributed by atoms with van der Waals surface area (Å²) in [5, 5.41) is 0.677. The third kappa shape index (κ3) is 5.16. The first-order valence-electron chi connectivity index (χ1n) is 9.59. The van der Waals surface area contributed by atoms with Gasteiger partial charge in [0.25, 0.3) is 0 Å². The first-order chi connectivity index (χ1) is 13.4. The Balaban J connectivity index is 0.00000300. The number of halogens is 2. The van der Waals surface area contributed by atoms with Crippen LogP contribution >= 0.6 is 24.0 Å². The molecule has 0 radical (unpaired) electrons. The molecule has 0 spiro atoms. The molecule has 3 rings (SSSR count). The van der Waals surface area contributed by atoms with Gasteiger partial charge in [-0.2, -0.15) is 0 Å². The van der Waals surface area contributed by atoms with Gasteiger partial charge in [-0.05, 0) is 38.0 Å². The standard InChI is InChI=1S/C22H27ClN2O3.ClH/c1-4-27-21-18(15(3)24)10-19(23)14(2)20(21)17-11-25(12-17)22(26)28-13-16-8-6-5-7-9-16;/h5-10,15,17H,4,11-13,24H2,1-3H3;1H. The molecule has 0 saturated carbocycles. The maximum absolute atomic E-state index is 12.3. The van der Waals surface area contributed by atoms with Crippen LogP contribution in [0.4, 0.5) is 4.79 Å². The van der Waals surface area contributed by atoms with E-state index in [1.165, 1.54) is 0 Å². The molecule has 29 heavy (non-hydrogen) atoms. The predicted molar refractivity (Wildman–Crippen MR) is 118 cm³/mol. The van der Waals surface area contributed by atoms with Gasteiger partial charge in [0.05, 0.1) is 6.61 Å². The normalized spacial score (nSPS) is 14.6. The molecule has 1 heterocycles. The lowest BCUT2D eigenvalue weighted by Gasteiger charge is -2.40. The van der Waals surface area contributed by atoms with Gasteiger partial charge in [-0.3, -0.25) is 0 Å². The maximum Gasteiger partial charge on any atom is 0.410 e. The van der Waals surface area contributed by atoms with Crippen molar-refractivity contribution in [3.63, 3.8) is 0 Å². The minimum Gasteiger partial charge on any atom is -0.493 e. The van der Waals surface area contributed by atoms with E-state index >= 15 is 0 Å². The lowest BCUT2D eigenvalue weighted by molar-refractivity contribution is 0.0657. The second-order valence-electron chi connectivity index (χ2n) is 7.18. The highest BCUT2D eigenvalue weighted by molar-refractivity contribution is 6.31. The molecule has 0 bridgehead atoms. The Kier molecular flexibility index (Phi) is 8.20. The Morgan fingerprint density at radius 1 is 1.31 bits per heavy atom. The van der Waals surface area contributed by atoms with Gasteiger partial charge < -0.3 is 20.1 Å². The zero-order chi connectivity index (χ0) is 20.3. The second-order valence-corrected chi connectivity index (χ2v) is 7.59. The number of amides is 1. The zero-order valence-electron chi connectivity index (χ0n) is 17.0. The van der Waals surface area contributed by atoms with Crippen molar-refractivity contribution in [3.05, 3.63) is 63.7 Å². The molecule has 1 atom stereocenters. The van der Waals surface area contributed by atoms with Gasteiger partial charge in [-0.15, -0.1) is 12.4 Å². The SMILES string of the molecule is CCOc1c(C(C)N)cc(Cl)c(C)c1C1CN(C(=O)OCc2ccccc2)C1.Cl. The molecule has 0 aromatic heterocycles. The summed E-state index contributed by atoms with van der Waals surface area (Å²) in [6, 6.07) is 11.4. The third-order valence-corrected chi connectivity index (χ3v) is 5.48. The van der Waals surface area contributed by atoms with Gasteiger partial charge >= 0.3 is 6.09 Å². The van der Waals surface area contributed by atoms with E-state index in [-0.39, 0.29) is 37.1 Å². The van der Waals surface area contributed by atoms with Gasteiger partial charge in [0.15, 0.2) is 0 Å². The molecule has 1 amide bonds. The zero-order valence-corrected chi connectivity index (χ0v) is 18.6. The van der Waals surface area contributed by atoms with E-state index in [1.807, 2.05) is 57.2 Å². The van der Waals surface area contributed by atoms with Crippen LogP contribution in [-0.4, -0.2) is 30.7 Å². The van der Waals surface area contributed by atoms with E-state index < -0.39 is 0 Å². The van der Waals surface area contributed by atoms with Crippen LogP contribution in [0.2, 0.25) is 5.02 Å². The number of benzene rings is 2. The third-order valence-electron chi connectivity index (χ3n) is 5.08. The highest BCUT2D eigenvalue weighted by Crippen LogP contribution is 2.42. The molecule has 1 aliphatic heterocycles. The van der Waals surface area contributed by atoms with E-state index in [1.54, 1.807) is 4.90 Å². The van der Waals surface area contributed by atoms with Crippen molar-refractivity contribution >= 4 is 30.1 Å². The van der Waals surface area contributed by atoms with Gasteiger partial charge in [-0.1, -0.05) is 41.9 Å².